The molecule has 2 nitrogen and oxygen atoms in total. The summed E-state index contributed by atoms with van der Waals surface area (Å²) in [5.74, 6) is 0.475. The number of hydrogen-bond acceptors (Lipinski definition) is 2. The second kappa shape index (κ2) is 8.73. The van der Waals surface area contributed by atoms with Crippen LogP contribution in [0.5, 0.6) is 0 Å². The van der Waals surface area contributed by atoms with Crippen LogP contribution in [-0.2, 0) is 16.0 Å². The van der Waals surface area contributed by atoms with Crippen LogP contribution in [0.3, 0.4) is 0 Å². The fourth-order valence-electron chi connectivity index (χ4n) is 2.39. The highest BCUT2D eigenvalue weighted by Gasteiger charge is 2.10. The van der Waals surface area contributed by atoms with Crippen molar-refractivity contribution in [2.24, 2.45) is 0 Å². The van der Waals surface area contributed by atoms with E-state index < -0.39 is 0 Å². The molecule has 0 amide bonds. The maximum absolute atomic E-state index is 11.5. The summed E-state index contributed by atoms with van der Waals surface area (Å²) >= 11 is 0. The summed E-state index contributed by atoms with van der Waals surface area (Å²) < 4.78 is 5.00. The molecule has 0 fully saturated rings. The van der Waals surface area contributed by atoms with Gasteiger partial charge in [-0.15, -0.1) is 0 Å². The molecule has 0 saturated heterocycles. The minimum absolute atomic E-state index is 0.138. The summed E-state index contributed by atoms with van der Waals surface area (Å²) in [6.07, 6.45) is 5.27. The Bertz CT molecular complexity index is 385. The van der Waals surface area contributed by atoms with Crippen LogP contribution < -0.4 is 0 Å². The van der Waals surface area contributed by atoms with E-state index in [0.29, 0.717) is 18.9 Å². The van der Waals surface area contributed by atoms with Gasteiger partial charge in [-0.25, -0.2) is 0 Å². The summed E-state index contributed by atoms with van der Waals surface area (Å²) in [5, 5.41) is 0. The standard InChI is InChI=1S/C17H26O2/c1-4-7-10-15(5-2)16-11-8-9-14(12-16)13-17(18)19-6-3/h8-9,11-12,15H,4-7,10,13H2,1-3H3. The fourth-order valence-corrected chi connectivity index (χ4v) is 2.39. The molecule has 2 heteroatoms. The molecule has 1 rings (SSSR count). The lowest BCUT2D eigenvalue weighted by Gasteiger charge is -2.16. The maximum Gasteiger partial charge on any atom is 0.310 e. The summed E-state index contributed by atoms with van der Waals surface area (Å²) in [7, 11) is 0. The van der Waals surface area contributed by atoms with Crippen molar-refractivity contribution in [3.8, 4) is 0 Å². The number of unbranched alkanes of at least 4 members (excludes halogenated alkanes) is 1. The van der Waals surface area contributed by atoms with Crippen LogP contribution in [0.15, 0.2) is 24.3 Å². The third-order valence-electron chi connectivity index (χ3n) is 3.48. The quantitative estimate of drug-likeness (QED) is 0.646. The van der Waals surface area contributed by atoms with Crippen LogP contribution in [0, 0.1) is 0 Å². The van der Waals surface area contributed by atoms with E-state index in [9.17, 15) is 4.79 Å². The monoisotopic (exact) mass is 262 g/mol. The molecule has 0 spiro atoms. The van der Waals surface area contributed by atoms with Crippen LogP contribution in [-0.4, -0.2) is 12.6 Å². The van der Waals surface area contributed by atoms with E-state index in [1.807, 2.05) is 13.0 Å². The molecule has 1 atom stereocenters. The first kappa shape index (κ1) is 15.7. The summed E-state index contributed by atoms with van der Waals surface area (Å²) in [4.78, 5) is 11.5. The second-order valence-corrected chi connectivity index (χ2v) is 4.97. The Morgan fingerprint density at radius 3 is 2.68 bits per heavy atom. The predicted molar refractivity (Wildman–Crippen MR) is 79.3 cm³/mol. The lowest BCUT2D eigenvalue weighted by Crippen LogP contribution is -2.08. The predicted octanol–water partition coefficient (Wildman–Crippen LogP) is 4.48. The molecular weight excluding hydrogens is 236 g/mol. The zero-order valence-electron chi connectivity index (χ0n) is 12.4. The molecule has 0 saturated carbocycles. The number of ether oxygens (including phenoxy) is 1. The largest absolute Gasteiger partial charge is 0.466 e. The van der Waals surface area contributed by atoms with Crippen molar-refractivity contribution in [2.45, 2.75) is 58.8 Å². The van der Waals surface area contributed by atoms with E-state index in [1.54, 1.807) is 0 Å². The van der Waals surface area contributed by atoms with Crippen LogP contribution in [0.2, 0.25) is 0 Å². The molecule has 0 radical (unpaired) electrons. The Labute approximate surface area is 117 Å². The van der Waals surface area contributed by atoms with E-state index >= 15 is 0 Å². The molecule has 0 heterocycles. The average molecular weight is 262 g/mol. The van der Waals surface area contributed by atoms with Gasteiger partial charge in [-0.2, -0.15) is 0 Å². The van der Waals surface area contributed by atoms with Crippen molar-refractivity contribution >= 4 is 5.97 Å². The third-order valence-corrected chi connectivity index (χ3v) is 3.48. The number of carbonyl (C=O) groups excluding carboxylic acids is 1. The molecule has 0 aromatic heterocycles. The molecule has 106 valence electrons. The summed E-state index contributed by atoms with van der Waals surface area (Å²) in [5.41, 5.74) is 2.42. The molecule has 0 aliphatic heterocycles. The summed E-state index contributed by atoms with van der Waals surface area (Å²) in [6, 6.07) is 8.41. The zero-order chi connectivity index (χ0) is 14.1. The molecule has 0 bridgehead atoms. The molecule has 1 aromatic carbocycles. The van der Waals surface area contributed by atoms with Crippen LogP contribution in [0.4, 0.5) is 0 Å². The highest BCUT2D eigenvalue weighted by Crippen LogP contribution is 2.26. The van der Waals surface area contributed by atoms with Gasteiger partial charge in [0.1, 0.15) is 0 Å². The van der Waals surface area contributed by atoms with Gasteiger partial charge in [0.25, 0.3) is 0 Å². The second-order valence-electron chi connectivity index (χ2n) is 4.97. The van der Waals surface area contributed by atoms with Crippen molar-refractivity contribution in [3.63, 3.8) is 0 Å². The molecule has 19 heavy (non-hydrogen) atoms. The van der Waals surface area contributed by atoms with Gasteiger partial charge in [-0.3, -0.25) is 4.79 Å². The fraction of sp³-hybridized carbons (Fsp3) is 0.588. The Balaban J connectivity index is 2.71. The van der Waals surface area contributed by atoms with Gasteiger partial charge in [0.05, 0.1) is 13.0 Å². The van der Waals surface area contributed by atoms with Gasteiger partial charge < -0.3 is 4.74 Å². The number of esters is 1. The molecule has 0 aliphatic rings. The highest BCUT2D eigenvalue weighted by atomic mass is 16.5. The zero-order valence-corrected chi connectivity index (χ0v) is 12.4. The van der Waals surface area contributed by atoms with Gasteiger partial charge >= 0.3 is 5.97 Å². The number of rotatable bonds is 8. The van der Waals surface area contributed by atoms with Gasteiger partial charge in [0.2, 0.25) is 0 Å². The Kier molecular flexibility index (Phi) is 7.24. The van der Waals surface area contributed by atoms with Crippen LogP contribution >= 0.6 is 0 Å². The summed E-state index contributed by atoms with van der Waals surface area (Å²) in [6.45, 7) is 6.75. The van der Waals surface area contributed by atoms with Crippen LogP contribution in [0.1, 0.15) is 63.5 Å². The Morgan fingerprint density at radius 1 is 1.26 bits per heavy atom. The highest BCUT2D eigenvalue weighted by molar-refractivity contribution is 5.72. The van der Waals surface area contributed by atoms with E-state index in [1.165, 1.54) is 24.8 Å². The number of benzene rings is 1. The Hall–Kier alpha value is -1.31. The Morgan fingerprint density at radius 2 is 2.05 bits per heavy atom. The SMILES string of the molecule is CCCCC(CC)c1cccc(CC(=O)OCC)c1. The van der Waals surface area contributed by atoms with Gasteiger partial charge in [0, 0.05) is 0 Å². The topological polar surface area (TPSA) is 26.3 Å². The molecule has 0 aliphatic carbocycles. The normalized spacial score (nSPS) is 12.2. The van der Waals surface area contributed by atoms with Gasteiger partial charge in [-0.1, -0.05) is 51.0 Å². The van der Waals surface area contributed by atoms with Crippen LogP contribution in [0.25, 0.3) is 0 Å². The lowest BCUT2D eigenvalue weighted by atomic mass is 9.90. The van der Waals surface area contributed by atoms with Crippen molar-refractivity contribution in [2.75, 3.05) is 6.61 Å². The molecule has 1 aromatic rings. The van der Waals surface area contributed by atoms with Gasteiger partial charge in [-0.05, 0) is 36.8 Å². The van der Waals surface area contributed by atoms with E-state index in [-0.39, 0.29) is 5.97 Å². The van der Waals surface area contributed by atoms with E-state index in [0.717, 1.165) is 12.0 Å². The van der Waals surface area contributed by atoms with E-state index in [4.69, 9.17) is 4.74 Å². The first-order valence-electron chi connectivity index (χ1n) is 7.45. The van der Waals surface area contributed by atoms with Crippen molar-refractivity contribution in [3.05, 3.63) is 35.4 Å². The third kappa shape index (κ3) is 5.46. The van der Waals surface area contributed by atoms with E-state index in [2.05, 4.69) is 32.0 Å². The molecular formula is C17H26O2. The molecule has 1 unspecified atom stereocenters. The minimum atomic E-state index is -0.138. The lowest BCUT2D eigenvalue weighted by molar-refractivity contribution is -0.142. The minimum Gasteiger partial charge on any atom is -0.466 e. The number of carbonyl (C=O) groups is 1. The molecule has 0 N–H and O–H groups in total. The first-order chi connectivity index (χ1) is 9.21. The van der Waals surface area contributed by atoms with Gasteiger partial charge in [0.15, 0.2) is 0 Å². The van der Waals surface area contributed by atoms with Crippen molar-refractivity contribution < 1.29 is 9.53 Å². The maximum atomic E-state index is 11.5. The smallest absolute Gasteiger partial charge is 0.310 e. The van der Waals surface area contributed by atoms with Crippen molar-refractivity contribution in [1.82, 2.24) is 0 Å². The first-order valence-corrected chi connectivity index (χ1v) is 7.45. The number of hydrogen-bond donors (Lipinski definition) is 0. The van der Waals surface area contributed by atoms with Crippen molar-refractivity contribution in [1.29, 1.82) is 0 Å². The average Bonchev–Trinajstić information content (AvgIpc) is 2.40.